The third-order valence-electron chi connectivity index (χ3n) is 4.06. The van der Waals surface area contributed by atoms with Crippen molar-refractivity contribution < 1.29 is 9.90 Å². The second kappa shape index (κ2) is 6.70. The fourth-order valence-corrected chi connectivity index (χ4v) is 2.94. The summed E-state index contributed by atoms with van der Waals surface area (Å²) in [5.41, 5.74) is 2.44. The number of rotatable bonds is 4. The summed E-state index contributed by atoms with van der Waals surface area (Å²) in [5, 5.41) is 16.3. The van der Waals surface area contributed by atoms with E-state index in [1.54, 1.807) is 24.5 Å². The highest BCUT2D eigenvalue weighted by Crippen LogP contribution is 2.31. The maximum absolute atomic E-state index is 12.7. The lowest BCUT2D eigenvalue weighted by Crippen LogP contribution is -2.38. The van der Waals surface area contributed by atoms with Crippen LogP contribution in [0.15, 0.2) is 30.6 Å². The number of piperidine rings is 1. The maximum atomic E-state index is 12.7. The van der Waals surface area contributed by atoms with Crippen LogP contribution in [-0.2, 0) is 6.42 Å². The Labute approximate surface area is 129 Å². The molecule has 1 fully saturated rings. The van der Waals surface area contributed by atoms with Gasteiger partial charge in [0.15, 0.2) is 0 Å². The molecule has 3 heterocycles. The number of hydrogen-bond donors (Lipinski definition) is 2. The Hall–Kier alpha value is -2.21. The standard InChI is InChI=1S/C16H20N4O2/c21-10-6-13-11-14(19-18-13)15-3-1-2-9-20(15)16(22)12-4-7-17-8-5-12/h4-5,7-8,11,15,21H,1-3,6,9-10H2,(H,18,19). The Kier molecular flexibility index (Phi) is 4.48. The number of carbonyl (C=O) groups is 1. The average molecular weight is 300 g/mol. The summed E-state index contributed by atoms with van der Waals surface area (Å²) in [6.07, 6.45) is 6.85. The van der Waals surface area contributed by atoms with E-state index in [0.717, 1.165) is 37.2 Å². The molecule has 0 radical (unpaired) electrons. The van der Waals surface area contributed by atoms with Gasteiger partial charge in [0.05, 0.1) is 11.7 Å². The summed E-state index contributed by atoms with van der Waals surface area (Å²) < 4.78 is 0. The Morgan fingerprint density at radius 1 is 1.36 bits per heavy atom. The van der Waals surface area contributed by atoms with E-state index < -0.39 is 0 Å². The molecule has 1 atom stereocenters. The molecule has 0 aliphatic carbocycles. The highest BCUT2D eigenvalue weighted by Gasteiger charge is 2.30. The molecule has 2 N–H and O–H groups in total. The Balaban J connectivity index is 1.83. The lowest BCUT2D eigenvalue weighted by molar-refractivity contribution is 0.0606. The highest BCUT2D eigenvalue weighted by atomic mass is 16.3. The number of aromatic amines is 1. The molecule has 22 heavy (non-hydrogen) atoms. The van der Waals surface area contributed by atoms with Gasteiger partial charge in [0.25, 0.3) is 5.91 Å². The van der Waals surface area contributed by atoms with E-state index in [1.165, 1.54) is 0 Å². The Morgan fingerprint density at radius 2 is 2.18 bits per heavy atom. The van der Waals surface area contributed by atoms with Crippen LogP contribution in [-0.4, -0.2) is 44.2 Å². The molecule has 1 aliphatic rings. The van der Waals surface area contributed by atoms with Crippen molar-refractivity contribution in [2.75, 3.05) is 13.2 Å². The van der Waals surface area contributed by atoms with Gasteiger partial charge in [0.1, 0.15) is 0 Å². The number of aromatic nitrogens is 3. The third-order valence-corrected chi connectivity index (χ3v) is 4.06. The van der Waals surface area contributed by atoms with E-state index in [0.29, 0.717) is 12.0 Å². The van der Waals surface area contributed by atoms with Crippen LogP contribution in [0.4, 0.5) is 0 Å². The zero-order valence-electron chi connectivity index (χ0n) is 12.4. The average Bonchev–Trinajstić information content (AvgIpc) is 3.04. The third kappa shape index (κ3) is 3.01. The first-order valence-electron chi connectivity index (χ1n) is 7.65. The minimum Gasteiger partial charge on any atom is -0.396 e. The monoisotopic (exact) mass is 300 g/mol. The highest BCUT2D eigenvalue weighted by molar-refractivity contribution is 5.94. The van der Waals surface area contributed by atoms with Crippen LogP contribution in [0.5, 0.6) is 0 Å². The van der Waals surface area contributed by atoms with Gasteiger partial charge in [0, 0.05) is 43.2 Å². The maximum Gasteiger partial charge on any atom is 0.254 e. The largest absolute Gasteiger partial charge is 0.396 e. The second-order valence-corrected chi connectivity index (χ2v) is 5.54. The quantitative estimate of drug-likeness (QED) is 0.900. The first kappa shape index (κ1) is 14.7. The summed E-state index contributed by atoms with van der Waals surface area (Å²) in [4.78, 5) is 18.6. The molecule has 6 nitrogen and oxygen atoms in total. The van der Waals surface area contributed by atoms with E-state index in [1.807, 2.05) is 11.0 Å². The van der Waals surface area contributed by atoms with Gasteiger partial charge >= 0.3 is 0 Å². The molecule has 0 saturated carbocycles. The topological polar surface area (TPSA) is 82.1 Å². The molecule has 3 rings (SSSR count). The van der Waals surface area contributed by atoms with Crippen LogP contribution < -0.4 is 0 Å². The van der Waals surface area contributed by atoms with Gasteiger partial charge in [-0.25, -0.2) is 0 Å². The number of hydrogen-bond acceptors (Lipinski definition) is 4. The molecule has 2 aromatic rings. The zero-order valence-corrected chi connectivity index (χ0v) is 12.4. The van der Waals surface area contributed by atoms with Gasteiger partial charge in [0.2, 0.25) is 0 Å². The molecule has 1 saturated heterocycles. The molecular formula is C16H20N4O2. The van der Waals surface area contributed by atoms with Gasteiger partial charge in [-0.05, 0) is 37.5 Å². The van der Waals surface area contributed by atoms with Crippen molar-refractivity contribution >= 4 is 5.91 Å². The van der Waals surface area contributed by atoms with Crippen molar-refractivity contribution in [3.05, 3.63) is 47.5 Å². The predicted molar refractivity (Wildman–Crippen MR) is 81.2 cm³/mol. The van der Waals surface area contributed by atoms with E-state index in [2.05, 4.69) is 15.2 Å². The predicted octanol–water partition coefficient (Wildman–Crippen LogP) is 1.71. The van der Waals surface area contributed by atoms with Gasteiger partial charge in [-0.15, -0.1) is 0 Å². The summed E-state index contributed by atoms with van der Waals surface area (Å²) in [6.45, 7) is 0.833. The Bertz CT molecular complexity index is 626. The van der Waals surface area contributed by atoms with E-state index in [4.69, 9.17) is 5.11 Å². The summed E-state index contributed by atoms with van der Waals surface area (Å²) in [7, 11) is 0. The van der Waals surface area contributed by atoms with Crippen molar-refractivity contribution in [3.8, 4) is 0 Å². The fraction of sp³-hybridized carbons (Fsp3) is 0.438. The van der Waals surface area contributed by atoms with E-state index >= 15 is 0 Å². The lowest BCUT2D eigenvalue weighted by Gasteiger charge is -2.34. The number of carbonyl (C=O) groups excluding carboxylic acids is 1. The first-order valence-corrected chi connectivity index (χ1v) is 7.65. The van der Waals surface area contributed by atoms with Gasteiger partial charge in [-0.2, -0.15) is 5.10 Å². The normalized spacial score (nSPS) is 18.4. The Morgan fingerprint density at radius 3 is 2.95 bits per heavy atom. The van der Waals surface area contributed by atoms with Crippen molar-refractivity contribution in [2.24, 2.45) is 0 Å². The molecule has 2 aromatic heterocycles. The molecule has 1 unspecified atom stereocenters. The number of aliphatic hydroxyl groups is 1. The molecular weight excluding hydrogens is 280 g/mol. The van der Waals surface area contributed by atoms with Crippen LogP contribution in [0.1, 0.15) is 47.1 Å². The van der Waals surface area contributed by atoms with E-state index in [9.17, 15) is 4.79 Å². The second-order valence-electron chi connectivity index (χ2n) is 5.54. The van der Waals surface area contributed by atoms with Crippen LogP contribution in [0.25, 0.3) is 0 Å². The summed E-state index contributed by atoms with van der Waals surface area (Å²) in [6, 6.07) is 5.45. The van der Waals surface area contributed by atoms with Crippen molar-refractivity contribution in [3.63, 3.8) is 0 Å². The molecule has 0 spiro atoms. The lowest BCUT2D eigenvalue weighted by atomic mass is 9.98. The van der Waals surface area contributed by atoms with Crippen LogP contribution >= 0.6 is 0 Å². The molecule has 6 heteroatoms. The van der Waals surface area contributed by atoms with Gasteiger partial charge in [-0.1, -0.05) is 0 Å². The van der Waals surface area contributed by atoms with Crippen LogP contribution in [0.2, 0.25) is 0 Å². The van der Waals surface area contributed by atoms with Crippen molar-refractivity contribution in [1.82, 2.24) is 20.1 Å². The molecule has 1 aliphatic heterocycles. The fourth-order valence-electron chi connectivity index (χ4n) is 2.94. The van der Waals surface area contributed by atoms with Crippen molar-refractivity contribution in [1.29, 1.82) is 0 Å². The summed E-state index contributed by atoms with van der Waals surface area (Å²) >= 11 is 0. The SMILES string of the molecule is O=C(c1ccncc1)N1CCCCC1c1cc(CCO)[nH]n1. The zero-order chi connectivity index (χ0) is 15.4. The minimum atomic E-state index is -0.00175. The van der Waals surface area contributed by atoms with Crippen LogP contribution in [0.3, 0.4) is 0 Å². The number of H-pyrrole nitrogens is 1. The molecule has 0 bridgehead atoms. The minimum absolute atomic E-state index is 0.00175. The van der Waals surface area contributed by atoms with Gasteiger partial charge in [-0.3, -0.25) is 14.9 Å². The number of likely N-dealkylation sites (tertiary alicyclic amines) is 1. The smallest absolute Gasteiger partial charge is 0.254 e. The van der Waals surface area contributed by atoms with Crippen molar-refractivity contribution in [2.45, 2.75) is 31.7 Å². The van der Waals surface area contributed by atoms with E-state index in [-0.39, 0.29) is 18.6 Å². The molecule has 0 aromatic carbocycles. The first-order chi connectivity index (χ1) is 10.8. The number of aliphatic hydroxyl groups excluding tert-OH is 1. The number of pyridine rings is 1. The number of amides is 1. The van der Waals surface area contributed by atoms with Gasteiger partial charge < -0.3 is 10.0 Å². The number of nitrogens with zero attached hydrogens (tertiary/aromatic N) is 3. The number of nitrogens with one attached hydrogen (secondary N) is 1. The summed E-state index contributed by atoms with van der Waals surface area (Å²) in [5.74, 6) is 0.0267. The molecule has 1 amide bonds. The molecule has 116 valence electrons. The van der Waals surface area contributed by atoms with Crippen LogP contribution in [0, 0.1) is 0 Å².